The third-order valence-electron chi connectivity index (χ3n) is 1.75. The monoisotopic (exact) mass is 182 g/mol. The first-order valence-corrected chi connectivity index (χ1v) is 3.63. The number of nitrogens with zero attached hydrogens (tertiary/aromatic N) is 1. The second-order valence-electron chi connectivity index (χ2n) is 2.55. The number of rotatable bonds is 1. The minimum Gasteiger partial charge on any atom is -0.464 e. The van der Waals surface area contributed by atoms with Crippen molar-refractivity contribution in [3.8, 4) is 0 Å². The molecule has 0 aliphatic carbocycles. The number of carbonyl (C=O) groups excluding carboxylic acids is 1. The van der Waals surface area contributed by atoms with Gasteiger partial charge in [-0.3, -0.25) is 9.47 Å². The van der Waals surface area contributed by atoms with E-state index < -0.39 is 5.97 Å². The van der Waals surface area contributed by atoms with E-state index in [2.05, 4.69) is 4.74 Å². The Kier molecular flexibility index (Phi) is 2.36. The zero-order valence-corrected chi connectivity index (χ0v) is 7.40. The Morgan fingerprint density at radius 3 is 2.77 bits per heavy atom. The van der Waals surface area contributed by atoms with Crippen LogP contribution in [0.15, 0.2) is 17.1 Å². The minimum atomic E-state index is -0.613. The molecule has 13 heavy (non-hydrogen) atoms. The molecule has 0 saturated heterocycles. The molecule has 1 aromatic rings. The third-order valence-corrected chi connectivity index (χ3v) is 1.75. The maximum Gasteiger partial charge on any atom is 0.357 e. The molecule has 0 amide bonds. The van der Waals surface area contributed by atoms with E-state index in [0.29, 0.717) is 0 Å². The molecule has 0 radical (unpaired) electrons. The largest absolute Gasteiger partial charge is 0.464 e. The van der Waals surface area contributed by atoms with Crippen molar-refractivity contribution in [2.45, 2.75) is 6.92 Å². The molecule has 5 nitrogen and oxygen atoms in total. The Morgan fingerprint density at radius 1 is 1.62 bits per heavy atom. The van der Waals surface area contributed by atoms with Gasteiger partial charge in [0.1, 0.15) is 0 Å². The van der Waals surface area contributed by atoms with Crippen molar-refractivity contribution in [2.75, 3.05) is 13.0 Å². The highest BCUT2D eigenvalue weighted by Crippen LogP contribution is 2.01. The number of aromatic nitrogens is 1. The van der Waals surface area contributed by atoms with Crippen molar-refractivity contribution >= 4 is 5.97 Å². The summed E-state index contributed by atoms with van der Waals surface area (Å²) in [5, 5.41) is 0. The van der Waals surface area contributed by atoms with Crippen LogP contribution in [-0.4, -0.2) is 17.8 Å². The molecule has 0 fully saturated rings. The highest BCUT2D eigenvalue weighted by molar-refractivity contribution is 5.88. The van der Waals surface area contributed by atoms with Gasteiger partial charge in [0.05, 0.1) is 7.11 Å². The fourth-order valence-electron chi connectivity index (χ4n) is 1.01. The number of carbonyl (C=O) groups is 1. The molecule has 5 heteroatoms. The van der Waals surface area contributed by atoms with E-state index >= 15 is 0 Å². The first-order valence-electron chi connectivity index (χ1n) is 3.63. The molecule has 0 atom stereocenters. The zero-order valence-electron chi connectivity index (χ0n) is 7.40. The summed E-state index contributed by atoms with van der Waals surface area (Å²) < 4.78 is 5.55. The van der Waals surface area contributed by atoms with Gasteiger partial charge in [-0.15, -0.1) is 0 Å². The van der Waals surface area contributed by atoms with Gasteiger partial charge in [0.2, 0.25) is 0 Å². The number of nitrogen functional groups attached to an aromatic ring is 1. The van der Waals surface area contributed by atoms with Crippen LogP contribution in [0.4, 0.5) is 0 Å². The highest BCUT2D eigenvalue weighted by atomic mass is 16.5. The van der Waals surface area contributed by atoms with Gasteiger partial charge in [0.25, 0.3) is 0 Å². The van der Waals surface area contributed by atoms with E-state index in [9.17, 15) is 9.59 Å². The Balaban J connectivity index is 3.42. The number of hydrogen-bond acceptors (Lipinski definition) is 4. The van der Waals surface area contributed by atoms with Crippen molar-refractivity contribution in [3.05, 3.63) is 33.7 Å². The average molecular weight is 182 g/mol. The summed E-state index contributed by atoms with van der Waals surface area (Å²) in [6.07, 6.45) is 1.32. The topological polar surface area (TPSA) is 74.3 Å². The molecule has 70 valence electrons. The van der Waals surface area contributed by atoms with E-state index in [1.165, 1.54) is 26.3 Å². The molecule has 1 aromatic heterocycles. The van der Waals surface area contributed by atoms with Crippen LogP contribution in [0.2, 0.25) is 0 Å². The fraction of sp³-hybridized carbons (Fsp3) is 0.250. The normalized spacial score (nSPS) is 9.69. The lowest BCUT2D eigenvalue weighted by Gasteiger charge is -2.07. The van der Waals surface area contributed by atoms with Crippen LogP contribution in [0.3, 0.4) is 0 Å². The van der Waals surface area contributed by atoms with Gasteiger partial charge in [-0.25, -0.2) is 4.79 Å². The predicted octanol–water partition coefficient (Wildman–Crippen LogP) is -0.343. The number of methoxy groups -OCH3 is 1. The summed E-state index contributed by atoms with van der Waals surface area (Å²) in [4.78, 5) is 22.3. The molecule has 0 spiro atoms. The van der Waals surface area contributed by atoms with Gasteiger partial charge in [-0.2, -0.15) is 0 Å². The Morgan fingerprint density at radius 2 is 2.23 bits per heavy atom. The van der Waals surface area contributed by atoms with E-state index in [-0.39, 0.29) is 16.7 Å². The molecule has 1 heterocycles. The second-order valence-corrected chi connectivity index (χ2v) is 2.55. The van der Waals surface area contributed by atoms with Crippen LogP contribution >= 0.6 is 0 Å². The SMILES string of the molecule is COC(=O)c1c(C)c(=O)ccn1N. The van der Waals surface area contributed by atoms with Crippen molar-refractivity contribution in [3.63, 3.8) is 0 Å². The molecule has 0 aliphatic heterocycles. The van der Waals surface area contributed by atoms with Crippen LogP contribution in [0, 0.1) is 6.92 Å². The van der Waals surface area contributed by atoms with Crippen molar-refractivity contribution in [1.82, 2.24) is 4.68 Å². The Bertz CT molecular complexity index is 395. The van der Waals surface area contributed by atoms with Crippen molar-refractivity contribution in [2.24, 2.45) is 0 Å². The predicted molar refractivity (Wildman–Crippen MR) is 46.9 cm³/mol. The van der Waals surface area contributed by atoms with E-state index in [4.69, 9.17) is 5.84 Å². The summed E-state index contributed by atoms with van der Waals surface area (Å²) in [6, 6.07) is 1.29. The molecule has 0 aromatic carbocycles. The molecular formula is C8H10N2O3. The van der Waals surface area contributed by atoms with Gasteiger partial charge >= 0.3 is 5.97 Å². The van der Waals surface area contributed by atoms with Crippen molar-refractivity contribution in [1.29, 1.82) is 0 Å². The number of esters is 1. The first kappa shape index (κ1) is 9.31. The van der Waals surface area contributed by atoms with Crippen LogP contribution < -0.4 is 11.3 Å². The van der Waals surface area contributed by atoms with Crippen LogP contribution in [0.5, 0.6) is 0 Å². The number of ether oxygens (including phenoxy) is 1. The van der Waals surface area contributed by atoms with Gasteiger partial charge in [0, 0.05) is 17.8 Å². The fourth-order valence-corrected chi connectivity index (χ4v) is 1.01. The first-order chi connectivity index (χ1) is 6.07. The third kappa shape index (κ3) is 1.53. The van der Waals surface area contributed by atoms with Gasteiger partial charge < -0.3 is 10.6 Å². The average Bonchev–Trinajstić information content (AvgIpc) is 2.12. The van der Waals surface area contributed by atoms with Crippen LogP contribution in [-0.2, 0) is 4.74 Å². The molecule has 0 saturated carbocycles. The summed E-state index contributed by atoms with van der Waals surface area (Å²) in [7, 11) is 1.24. The zero-order chi connectivity index (χ0) is 10.0. The van der Waals surface area contributed by atoms with Gasteiger partial charge in [-0.05, 0) is 6.92 Å². The quantitative estimate of drug-likeness (QED) is 0.476. The Labute approximate surface area is 74.7 Å². The maximum absolute atomic E-state index is 11.1. The van der Waals surface area contributed by atoms with E-state index in [0.717, 1.165) is 4.68 Å². The lowest BCUT2D eigenvalue weighted by atomic mass is 10.2. The van der Waals surface area contributed by atoms with E-state index in [1.807, 2.05) is 0 Å². The molecular weight excluding hydrogens is 172 g/mol. The summed E-state index contributed by atoms with van der Waals surface area (Å²) in [5.41, 5.74) is 0.133. The smallest absolute Gasteiger partial charge is 0.357 e. The second kappa shape index (κ2) is 3.30. The maximum atomic E-state index is 11.1. The van der Waals surface area contributed by atoms with E-state index in [1.54, 1.807) is 0 Å². The highest BCUT2D eigenvalue weighted by Gasteiger charge is 2.14. The lowest BCUT2D eigenvalue weighted by molar-refractivity contribution is 0.0588. The van der Waals surface area contributed by atoms with Crippen molar-refractivity contribution < 1.29 is 9.53 Å². The van der Waals surface area contributed by atoms with Crippen LogP contribution in [0.1, 0.15) is 16.1 Å². The molecule has 0 aliphatic rings. The molecule has 1 rings (SSSR count). The lowest BCUT2D eigenvalue weighted by Crippen LogP contribution is -2.25. The van der Waals surface area contributed by atoms with Gasteiger partial charge in [0.15, 0.2) is 11.1 Å². The standard InChI is InChI=1S/C8H10N2O3/c1-5-6(11)3-4-10(9)7(5)8(12)13-2/h3-4H,9H2,1-2H3. The number of pyridine rings is 1. The summed E-state index contributed by atoms with van der Waals surface area (Å²) >= 11 is 0. The summed E-state index contributed by atoms with van der Waals surface area (Å²) in [5.74, 6) is 4.83. The van der Waals surface area contributed by atoms with Crippen LogP contribution in [0.25, 0.3) is 0 Å². The molecule has 2 N–H and O–H groups in total. The Hall–Kier alpha value is -1.78. The minimum absolute atomic E-state index is 0.0787. The number of nitrogens with two attached hydrogens (primary N) is 1. The number of hydrogen-bond donors (Lipinski definition) is 1. The molecule has 0 bridgehead atoms. The van der Waals surface area contributed by atoms with Gasteiger partial charge in [-0.1, -0.05) is 0 Å². The summed E-state index contributed by atoms with van der Waals surface area (Å²) in [6.45, 7) is 1.53. The molecule has 0 unspecified atom stereocenters.